The lowest BCUT2D eigenvalue weighted by molar-refractivity contribution is -0.0549. The van der Waals surface area contributed by atoms with Gasteiger partial charge in [-0.3, -0.25) is 32.6 Å². The Morgan fingerprint density at radius 2 is 1.69 bits per heavy atom. The molecule has 0 bridgehead atoms. The first-order valence-electron chi connectivity index (χ1n) is 12.9. The van der Waals surface area contributed by atoms with Crippen LogP contribution in [0.4, 0.5) is 0 Å². The molecule has 0 radical (unpaired) electrons. The Balaban J connectivity index is 1.46. The van der Waals surface area contributed by atoms with Crippen LogP contribution in [0.3, 0.4) is 0 Å². The Hall–Kier alpha value is -2.53. The van der Waals surface area contributed by atoms with Gasteiger partial charge in [-0.1, -0.05) is 32.0 Å². The molecule has 3 heterocycles. The van der Waals surface area contributed by atoms with Gasteiger partial charge in [0.25, 0.3) is 5.56 Å². The number of fused-ring (bicyclic) bond motifs is 1. The number of phosphoric ester groups is 2. The number of aliphatic hydroxyl groups is 2. The summed E-state index contributed by atoms with van der Waals surface area (Å²) < 4.78 is 47.0. The minimum Gasteiger partial charge on any atom is -0.387 e. The molecule has 0 amide bonds. The van der Waals surface area contributed by atoms with Crippen molar-refractivity contribution in [3.8, 4) is 0 Å². The number of rotatable bonds is 13. The van der Waals surface area contributed by atoms with Crippen molar-refractivity contribution in [3.63, 3.8) is 0 Å². The number of phosphoric acid groups is 2. The van der Waals surface area contributed by atoms with Gasteiger partial charge in [0.2, 0.25) is 0 Å². The predicted octanol–water partition coefficient (Wildman–Crippen LogP) is 0.114. The van der Waals surface area contributed by atoms with E-state index in [4.69, 9.17) is 13.8 Å². The van der Waals surface area contributed by atoms with Gasteiger partial charge in [-0.05, 0) is 19.2 Å². The maximum absolute atomic E-state index is 13.3. The molecule has 2 aromatic heterocycles. The SMILES string of the molecule is CCN(CC)COP(=O)(O)OP(=O)(O)OC[C@H]1O[C@@H](n2ccc(=O)n(Cc3nn(C)c4ccccc34)c2=O)[C@@H](O)C1O. The Morgan fingerprint density at radius 1 is 1.02 bits per heavy atom. The van der Waals surface area contributed by atoms with Gasteiger partial charge in [0.15, 0.2) is 6.23 Å². The van der Waals surface area contributed by atoms with Gasteiger partial charge in [-0.25, -0.2) is 13.9 Å². The van der Waals surface area contributed by atoms with Crippen LogP contribution >= 0.6 is 15.6 Å². The molecular formula is C23H33N5O12P2. The minimum absolute atomic E-state index is 0.194. The van der Waals surface area contributed by atoms with Crippen LogP contribution < -0.4 is 11.2 Å². The molecule has 0 spiro atoms. The molecule has 3 aromatic rings. The van der Waals surface area contributed by atoms with Crippen LogP contribution in [0.5, 0.6) is 0 Å². The number of nitrogens with zero attached hydrogens (tertiary/aromatic N) is 5. The molecule has 19 heteroatoms. The summed E-state index contributed by atoms with van der Waals surface area (Å²) in [5, 5.41) is 26.2. The Kier molecular flexibility index (Phi) is 10.0. The maximum Gasteiger partial charge on any atom is 0.482 e. The van der Waals surface area contributed by atoms with Crippen LogP contribution in [0, 0.1) is 0 Å². The molecule has 4 rings (SSSR count). The summed E-state index contributed by atoms with van der Waals surface area (Å²) in [4.78, 5) is 47.3. The monoisotopic (exact) mass is 633 g/mol. The zero-order valence-electron chi connectivity index (χ0n) is 23.0. The van der Waals surface area contributed by atoms with Gasteiger partial charge >= 0.3 is 21.3 Å². The van der Waals surface area contributed by atoms with E-state index in [-0.39, 0.29) is 13.3 Å². The lowest BCUT2D eigenvalue weighted by Gasteiger charge is -2.22. The van der Waals surface area contributed by atoms with Gasteiger partial charge in [-0.15, -0.1) is 0 Å². The average molecular weight is 633 g/mol. The van der Waals surface area contributed by atoms with Gasteiger partial charge in [0.1, 0.15) is 25.0 Å². The summed E-state index contributed by atoms with van der Waals surface area (Å²) in [5.41, 5.74) is -0.285. The first-order chi connectivity index (χ1) is 19.8. The fourth-order valence-corrected chi connectivity index (χ4v) is 6.49. The Bertz CT molecular complexity index is 1620. The van der Waals surface area contributed by atoms with Gasteiger partial charge in [0.05, 0.1) is 24.4 Å². The predicted molar refractivity (Wildman–Crippen MR) is 146 cm³/mol. The van der Waals surface area contributed by atoms with Crippen molar-refractivity contribution >= 4 is 26.5 Å². The number of aromatic nitrogens is 4. The third-order valence-corrected chi connectivity index (χ3v) is 9.32. The van der Waals surface area contributed by atoms with Crippen molar-refractivity contribution in [3.05, 3.63) is 63.1 Å². The molecule has 1 saturated heterocycles. The molecule has 1 aliphatic rings. The van der Waals surface area contributed by atoms with Crippen LogP contribution in [-0.4, -0.2) is 88.6 Å². The number of ether oxygens (including phenoxy) is 1. The lowest BCUT2D eigenvalue weighted by atomic mass is 10.1. The molecule has 4 N–H and O–H groups in total. The van der Waals surface area contributed by atoms with Crippen LogP contribution in [-0.2, 0) is 40.8 Å². The summed E-state index contributed by atoms with van der Waals surface area (Å²) in [6, 6.07) is 8.32. The number of benzene rings is 1. The number of aliphatic hydroxyl groups excluding tert-OH is 2. The summed E-state index contributed by atoms with van der Waals surface area (Å²) in [7, 11) is -8.51. The van der Waals surface area contributed by atoms with Crippen LogP contribution in [0.2, 0.25) is 0 Å². The fourth-order valence-electron chi connectivity index (χ4n) is 4.43. The highest BCUT2D eigenvalue weighted by molar-refractivity contribution is 7.61. The van der Waals surface area contributed by atoms with Gasteiger partial charge < -0.3 is 24.7 Å². The van der Waals surface area contributed by atoms with Crippen LogP contribution in [0.25, 0.3) is 10.9 Å². The highest BCUT2D eigenvalue weighted by Gasteiger charge is 2.46. The normalized spacial score (nSPS) is 23.8. The minimum atomic E-state index is -5.21. The largest absolute Gasteiger partial charge is 0.482 e. The molecule has 232 valence electrons. The van der Waals surface area contributed by atoms with Gasteiger partial charge in [0, 0.05) is 24.7 Å². The number of hydrogen-bond donors (Lipinski definition) is 4. The van der Waals surface area contributed by atoms with E-state index in [1.807, 2.05) is 12.1 Å². The summed E-state index contributed by atoms with van der Waals surface area (Å²) >= 11 is 0. The van der Waals surface area contributed by atoms with E-state index in [9.17, 15) is 38.7 Å². The van der Waals surface area contributed by atoms with E-state index < -0.39 is 58.0 Å². The fraction of sp³-hybridized carbons (Fsp3) is 0.522. The summed E-state index contributed by atoms with van der Waals surface area (Å²) in [5.74, 6) is 0. The standard InChI is InChI=1S/C23H33N5O12P2/c1-4-26(5-2)14-38-42(35,36)40-41(33,34)37-13-18-20(30)21(31)22(39-18)27-11-10-19(29)28(23(27)32)12-16-15-8-6-7-9-17(15)25(3)24-16/h6-11,18,20-22,30-31H,4-5,12-14H2,1-3H3,(H,33,34)(H,35,36)/t18-,20?,21+,22-/m1/s1. The van der Waals surface area contributed by atoms with E-state index in [0.29, 0.717) is 18.8 Å². The van der Waals surface area contributed by atoms with E-state index >= 15 is 0 Å². The molecule has 0 saturated carbocycles. The molecule has 0 aliphatic carbocycles. The van der Waals surface area contributed by atoms with Crippen LogP contribution in [0.1, 0.15) is 25.8 Å². The Morgan fingerprint density at radius 3 is 2.38 bits per heavy atom. The van der Waals surface area contributed by atoms with Crippen molar-refractivity contribution in [1.29, 1.82) is 0 Å². The van der Waals surface area contributed by atoms with Crippen molar-refractivity contribution in [1.82, 2.24) is 23.8 Å². The van der Waals surface area contributed by atoms with Gasteiger partial charge in [-0.2, -0.15) is 9.41 Å². The number of hydrogen-bond acceptors (Lipinski definition) is 12. The second kappa shape index (κ2) is 13.0. The molecule has 6 atom stereocenters. The molecule has 1 aromatic carbocycles. The first-order valence-corrected chi connectivity index (χ1v) is 15.9. The zero-order chi connectivity index (χ0) is 30.8. The third-order valence-electron chi connectivity index (χ3n) is 6.76. The highest BCUT2D eigenvalue weighted by atomic mass is 31.3. The van der Waals surface area contributed by atoms with Crippen molar-refractivity contribution < 1.29 is 47.2 Å². The molecule has 3 unspecified atom stereocenters. The second-order valence-corrected chi connectivity index (χ2v) is 12.5. The molecule has 42 heavy (non-hydrogen) atoms. The van der Waals surface area contributed by atoms with Crippen molar-refractivity contribution in [2.75, 3.05) is 26.4 Å². The van der Waals surface area contributed by atoms with Crippen LogP contribution in [0.15, 0.2) is 46.1 Å². The van der Waals surface area contributed by atoms with Crippen molar-refractivity contribution in [2.24, 2.45) is 7.05 Å². The number of aryl methyl sites for hydroxylation is 1. The average Bonchev–Trinajstić information content (AvgIpc) is 3.40. The van der Waals surface area contributed by atoms with E-state index in [1.165, 1.54) is 0 Å². The topological polar surface area (TPSA) is 217 Å². The highest BCUT2D eigenvalue weighted by Crippen LogP contribution is 2.60. The van der Waals surface area contributed by atoms with E-state index in [1.54, 1.807) is 42.6 Å². The molecule has 1 fully saturated rings. The number of para-hydroxylation sites is 1. The summed E-state index contributed by atoms with van der Waals surface area (Å²) in [6.45, 7) is 3.07. The molecule has 17 nitrogen and oxygen atoms in total. The smallest absolute Gasteiger partial charge is 0.387 e. The summed E-state index contributed by atoms with van der Waals surface area (Å²) in [6.07, 6.45) is -5.36. The maximum atomic E-state index is 13.3. The van der Waals surface area contributed by atoms with E-state index in [0.717, 1.165) is 32.3 Å². The van der Waals surface area contributed by atoms with E-state index in [2.05, 4.69) is 9.41 Å². The van der Waals surface area contributed by atoms with Crippen molar-refractivity contribution in [2.45, 2.75) is 44.9 Å². The molecular weight excluding hydrogens is 600 g/mol. The zero-order valence-corrected chi connectivity index (χ0v) is 24.8. The second-order valence-electron chi connectivity index (χ2n) is 9.44. The molecule has 1 aliphatic heterocycles. The first kappa shape index (κ1) is 32.4. The lowest BCUT2D eigenvalue weighted by Crippen LogP contribution is -2.43. The quantitative estimate of drug-likeness (QED) is 0.145. The third kappa shape index (κ3) is 7.15. The Labute approximate surface area is 239 Å².